The van der Waals surface area contributed by atoms with Crippen molar-refractivity contribution in [1.82, 2.24) is 4.72 Å². The molecule has 1 fully saturated rings. The van der Waals surface area contributed by atoms with Gasteiger partial charge in [-0.1, -0.05) is 25.7 Å². The van der Waals surface area contributed by atoms with E-state index in [4.69, 9.17) is 11.1 Å². The highest BCUT2D eigenvalue weighted by atomic mass is 32.2. The van der Waals surface area contributed by atoms with Crippen LogP contribution in [-0.2, 0) is 10.0 Å². The van der Waals surface area contributed by atoms with E-state index >= 15 is 0 Å². The number of nitrogens with two attached hydrogens (primary N) is 1. The van der Waals surface area contributed by atoms with Crippen LogP contribution in [0.5, 0.6) is 0 Å². The van der Waals surface area contributed by atoms with Gasteiger partial charge in [0.1, 0.15) is 5.84 Å². The van der Waals surface area contributed by atoms with Crippen LogP contribution in [0.1, 0.15) is 45.4 Å². The minimum Gasteiger partial charge on any atom is -0.386 e. The molecule has 4 N–H and O–H groups in total. The van der Waals surface area contributed by atoms with Crippen LogP contribution in [0.2, 0.25) is 0 Å². The van der Waals surface area contributed by atoms with Gasteiger partial charge in [0.15, 0.2) is 0 Å². The molecule has 1 aliphatic rings. The number of hydrogen-bond donors (Lipinski definition) is 3. The molecule has 0 aromatic carbocycles. The van der Waals surface area contributed by atoms with Gasteiger partial charge >= 0.3 is 0 Å². The number of hydrogen-bond acceptors (Lipinski definition) is 3. The van der Waals surface area contributed by atoms with Gasteiger partial charge in [-0.15, -0.1) is 0 Å². The van der Waals surface area contributed by atoms with Crippen molar-refractivity contribution in [2.24, 2.45) is 5.73 Å². The molecule has 0 aliphatic heterocycles. The Balaban J connectivity index is 2.91. The Hall–Kier alpha value is -0.620. The standard InChI is InChI=1S/C10H21N3O2S/c1-2-16(14,15)13-10(9(11)12)7-5-3-4-6-8-10/h13H,2-8H2,1H3,(H3,11,12). The molecule has 0 atom stereocenters. The van der Waals surface area contributed by atoms with Gasteiger partial charge in [0.25, 0.3) is 0 Å². The van der Waals surface area contributed by atoms with Gasteiger partial charge < -0.3 is 5.73 Å². The molecular weight excluding hydrogens is 226 g/mol. The van der Waals surface area contributed by atoms with E-state index in [1.54, 1.807) is 6.92 Å². The molecular formula is C10H21N3O2S. The summed E-state index contributed by atoms with van der Waals surface area (Å²) in [6, 6.07) is 0. The Morgan fingerprint density at radius 3 is 2.19 bits per heavy atom. The molecule has 0 unspecified atom stereocenters. The molecule has 1 saturated carbocycles. The highest BCUT2D eigenvalue weighted by Gasteiger charge is 2.37. The molecule has 16 heavy (non-hydrogen) atoms. The highest BCUT2D eigenvalue weighted by molar-refractivity contribution is 7.89. The third-order valence-electron chi connectivity index (χ3n) is 3.20. The Bertz CT molecular complexity index is 343. The lowest BCUT2D eigenvalue weighted by Gasteiger charge is -2.32. The molecule has 5 nitrogen and oxygen atoms in total. The summed E-state index contributed by atoms with van der Waals surface area (Å²) in [5, 5.41) is 7.64. The van der Waals surface area contributed by atoms with Gasteiger partial charge in [-0.25, -0.2) is 13.1 Å². The smallest absolute Gasteiger partial charge is 0.212 e. The quantitative estimate of drug-likeness (QED) is 0.392. The van der Waals surface area contributed by atoms with Gasteiger partial charge in [0.05, 0.1) is 11.3 Å². The van der Waals surface area contributed by atoms with Gasteiger partial charge in [-0.05, 0) is 19.8 Å². The van der Waals surface area contributed by atoms with Gasteiger partial charge in [0.2, 0.25) is 10.0 Å². The summed E-state index contributed by atoms with van der Waals surface area (Å²) < 4.78 is 25.9. The predicted octanol–water partition coefficient (Wildman–Crippen LogP) is 0.955. The zero-order valence-corrected chi connectivity index (χ0v) is 10.6. The molecule has 6 heteroatoms. The normalized spacial score (nSPS) is 21.3. The van der Waals surface area contributed by atoms with Crippen LogP contribution in [-0.4, -0.2) is 25.5 Å². The van der Waals surface area contributed by atoms with E-state index < -0.39 is 15.6 Å². The van der Waals surface area contributed by atoms with Crippen LogP contribution in [0.25, 0.3) is 0 Å². The maximum absolute atomic E-state index is 11.6. The molecule has 0 aromatic heterocycles. The zero-order chi connectivity index (χ0) is 12.2. The summed E-state index contributed by atoms with van der Waals surface area (Å²) >= 11 is 0. The van der Waals surface area contributed by atoms with Crippen molar-refractivity contribution in [2.75, 3.05) is 5.75 Å². The lowest BCUT2D eigenvalue weighted by atomic mass is 9.90. The molecule has 0 amide bonds. The number of sulfonamides is 1. The Morgan fingerprint density at radius 1 is 1.31 bits per heavy atom. The monoisotopic (exact) mass is 247 g/mol. The van der Waals surface area contributed by atoms with Crippen LogP contribution in [0.3, 0.4) is 0 Å². The SMILES string of the molecule is CCS(=O)(=O)NC1(C(=N)N)CCCCCC1. The Labute approximate surface area is 97.4 Å². The van der Waals surface area contributed by atoms with Gasteiger partial charge in [0, 0.05) is 0 Å². The van der Waals surface area contributed by atoms with Crippen molar-refractivity contribution in [3.8, 4) is 0 Å². The molecule has 94 valence electrons. The summed E-state index contributed by atoms with van der Waals surface area (Å²) in [6.07, 6.45) is 5.30. The molecule has 0 radical (unpaired) electrons. The minimum absolute atomic E-state index is 0.0298. The van der Waals surface area contributed by atoms with Gasteiger partial charge in [-0.3, -0.25) is 5.41 Å². The first-order valence-corrected chi connectivity index (χ1v) is 7.43. The van der Waals surface area contributed by atoms with Crippen molar-refractivity contribution in [3.63, 3.8) is 0 Å². The van der Waals surface area contributed by atoms with E-state index in [1.807, 2.05) is 0 Å². The molecule has 0 aromatic rings. The third kappa shape index (κ3) is 3.18. The lowest BCUT2D eigenvalue weighted by molar-refractivity contribution is 0.434. The fourth-order valence-electron chi connectivity index (χ4n) is 2.13. The lowest BCUT2D eigenvalue weighted by Crippen LogP contribution is -2.57. The van der Waals surface area contributed by atoms with Crippen molar-refractivity contribution >= 4 is 15.9 Å². The third-order valence-corrected chi connectivity index (χ3v) is 4.67. The minimum atomic E-state index is -3.31. The average Bonchev–Trinajstić information content (AvgIpc) is 2.44. The molecule has 0 spiro atoms. The Morgan fingerprint density at radius 2 is 1.81 bits per heavy atom. The fraction of sp³-hybridized carbons (Fsp3) is 0.900. The van der Waals surface area contributed by atoms with Crippen molar-refractivity contribution in [2.45, 2.75) is 51.0 Å². The first-order chi connectivity index (χ1) is 7.42. The van der Waals surface area contributed by atoms with Crippen LogP contribution < -0.4 is 10.5 Å². The van der Waals surface area contributed by atoms with Crippen LogP contribution >= 0.6 is 0 Å². The fourth-order valence-corrected chi connectivity index (χ4v) is 3.18. The average molecular weight is 247 g/mol. The summed E-state index contributed by atoms with van der Waals surface area (Å²) in [6.45, 7) is 1.59. The predicted molar refractivity (Wildman–Crippen MR) is 64.9 cm³/mol. The van der Waals surface area contributed by atoms with Gasteiger partial charge in [-0.2, -0.15) is 0 Å². The van der Waals surface area contributed by atoms with Crippen LogP contribution in [0.4, 0.5) is 0 Å². The number of amidine groups is 1. The molecule has 0 bridgehead atoms. The molecule has 1 rings (SSSR count). The van der Waals surface area contributed by atoms with Crippen LogP contribution in [0, 0.1) is 5.41 Å². The first kappa shape index (κ1) is 13.4. The van der Waals surface area contributed by atoms with Crippen LogP contribution in [0.15, 0.2) is 0 Å². The first-order valence-electron chi connectivity index (χ1n) is 5.78. The van der Waals surface area contributed by atoms with Crippen molar-refractivity contribution in [3.05, 3.63) is 0 Å². The second kappa shape index (κ2) is 5.14. The molecule has 1 aliphatic carbocycles. The van der Waals surface area contributed by atoms with Crippen molar-refractivity contribution in [1.29, 1.82) is 5.41 Å². The van der Waals surface area contributed by atoms with E-state index in [2.05, 4.69) is 4.72 Å². The largest absolute Gasteiger partial charge is 0.386 e. The summed E-state index contributed by atoms with van der Waals surface area (Å²) in [7, 11) is -3.31. The summed E-state index contributed by atoms with van der Waals surface area (Å²) in [4.78, 5) is 0. The highest BCUT2D eigenvalue weighted by Crippen LogP contribution is 2.27. The second-order valence-electron chi connectivity index (χ2n) is 4.42. The maximum Gasteiger partial charge on any atom is 0.212 e. The van der Waals surface area contributed by atoms with E-state index in [0.717, 1.165) is 25.7 Å². The zero-order valence-electron chi connectivity index (χ0n) is 9.75. The maximum atomic E-state index is 11.6. The molecule has 0 heterocycles. The van der Waals surface area contributed by atoms with E-state index in [1.165, 1.54) is 0 Å². The summed E-state index contributed by atoms with van der Waals surface area (Å²) in [5.41, 5.74) is 4.76. The van der Waals surface area contributed by atoms with E-state index in [-0.39, 0.29) is 11.6 Å². The number of nitrogens with one attached hydrogen (secondary N) is 2. The number of rotatable bonds is 4. The molecule has 0 saturated heterocycles. The topological polar surface area (TPSA) is 96.0 Å². The van der Waals surface area contributed by atoms with Crippen molar-refractivity contribution < 1.29 is 8.42 Å². The Kier molecular flexibility index (Phi) is 4.32. The summed E-state index contributed by atoms with van der Waals surface area (Å²) in [5.74, 6) is -0.0198. The van der Waals surface area contributed by atoms with E-state index in [0.29, 0.717) is 12.8 Å². The second-order valence-corrected chi connectivity index (χ2v) is 6.43. The van der Waals surface area contributed by atoms with E-state index in [9.17, 15) is 8.42 Å².